The molecular weight excluding hydrogens is 274 g/mol. The van der Waals surface area contributed by atoms with Gasteiger partial charge >= 0.3 is 0 Å². The molecule has 102 valence electrons. The number of hydrogen-bond acceptors (Lipinski definition) is 4. The number of nitrogens with one attached hydrogen (secondary N) is 1. The monoisotopic (exact) mass is 287 g/mol. The van der Waals surface area contributed by atoms with Crippen LogP contribution in [0.15, 0.2) is 36.9 Å². The average molecular weight is 288 g/mol. The van der Waals surface area contributed by atoms with Crippen molar-refractivity contribution < 1.29 is 0 Å². The first-order chi connectivity index (χ1) is 9.74. The lowest BCUT2D eigenvalue weighted by Gasteiger charge is -2.11. The Bertz CT molecular complexity index is 707. The standard InChI is InChI=1S/C14H14ClN5/c15-10-3-1-9(2-4-10)11(16)5-6-12-13-14(19-7-17-12)20-8-18-13/h1-4,7-8,11H,5-6,16H2,(H,17,18,19,20). The van der Waals surface area contributed by atoms with Gasteiger partial charge in [-0.2, -0.15) is 0 Å². The Labute approximate surface area is 121 Å². The number of aryl methyl sites for hydroxylation is 1. The Hall–Kier alpha value is -1.98. The Morgan fingerprint density at radius 1 is 1.15 bits per heavy atom. The number of hydrogen-bond donors (Lipinski definition) is 2. The third-order valence-corrected chi connectivity index (χ3v) is 3.54. The van der Waals surface area contributed by atoms with E-state index in [1.807, 2.05) is 24.3 Å². The fraction of sp³-hybridized carbons (Fsp3) is 0.214. The lowest BCUT2D eigenvalue weighted by molar-refractivity contribution is 0.645. The molecule has 5 nitrogen and oxygen atoms in total. The SMILES string of the molecule is NC(CCc1ncnc2nc[nH]c12)c1ccc(Cl)cc1. The summed E-state index contributed by atoms with van der Waals surface area (Å²) in [7, 11) is 0. The van der Waals surface area contributed by atoms with Crippen molar-refractivity contribution in [3.63, 3.8) is 0 Å². The fourth-order valence-electron chi connectivity index (χ4n) is 2.17. The molecule has 3 aromatic rings. The minimum Gasteiger partial charge on any atom is -0.342 e. The molecule has 3 N–H and O–H groups in total. The predicted molar refractivity (Wildman–Crippen MR) is 78.4 cm³/mol. The summed E-state index contributed by atoms with van der Waals surface area (Å²) in [5.74, 6) is 0. The summed E-state index contributed by atoms with van der Waals surface area (Å²) in [5.41, 5.74) is 9.79. The molecule has 0 aliphatic rings. The Balaban J connectivity index is 1.73. The van der Waals surface area contributed by atoms with E-state index in [9.17, 15) is 0 Å². The highest BCUT2D eigenvalue weighted by molar-refractivity contribution is 6.30. The molecule has 0 amide bonds. The fourth-order valence-corrected chi connectivity index (χ4v) is 2.30. The maximum absolute atomic E-state index is 6.20. The maximum atomic E-state index is 6.20. The summed E-state index contributed by atoms with van der Waals surface area (Å²) in [4.78, 5) is 15.6. The van der Waals surface area contributed by atoms with Crippen molar-refractivity contribution >= 4 is 22.8 Å². The van der Waals surface area contributed by atoms with Gasteiger partial charge in [0.05, 0.1) is 12.0 Å². The Morgan fingerprint density at radius 2 is 1.95 bits per heavy atom. The predicted octanol–water partition coefficient (Wildman–Crippen LogP) is 2.64. The zero-order valence-electron chi connectivity index (χ0n) is 10.8. The van der Waals surface area contributed by atoms with Crippen LogP contribution in [0.25, 0.3) is 11.2 Å². The molecule has 0 fully saturated rings. The second kappa shape index (κ2) is 5.56. The molecule has 0 radical (unpaired) electrons. The van der Waals surface area contributed by atoms with Crippen LogP contribution in [0.1, 0.15) is 23.7 Å². The van der Waals surface area contributed by atoms with Gasteiger partial charge in [-0.15, -0.1) is 0 Å². The molecule has 20 heavy (non-hydrogen) atoms. The van der Waals surface area contributed by atoms with Gasteiger partial charge in [0.15, 0.2) is 5.65 Å². The minimum atomic E-state index is -0.0415. The van der Waals surface area contributed by atoms with E-state index < -0.39 is 0 Å². The van der Waals surface area contributed by atoms with Gasteiger partial charge in [0.25, 0.3) is 0 Å². The van der Waals surface area contributed by atoms with Gasteiger partial charge in [-0.25, -0.2) is 15.0 Å². The van der Waals surface area contributed by atoms with Gasteiger partial charge in [0.1, 0.15) is 11.8 Å². The highest BCUT2D eigenvalue weighted by Gasteiger charge is 2.10. The number of benzene rings is 1. The number of nitrogens with two attached hydrogens (primary N) is 1. The molecule has 0 aliphatic heterocycles. The van der Waals surface area contributed by atoms with Crippen LogP contribution >= 0.6 is 11.6 Å². The summed E-state index contributed by atoms with van der Waals surface area (Å²) in [6.07, 6.45) is 4.73. The lowest BCUT2D eigenvalue weighted by atomic mass is 10.0. The number of aromatic amines is 1. The molecule has 1 atom stereocenters. The number of nitrogens with zero attached hydrogens (tertiary/aromatic N) is 3. The van der Waals surface area contributed by atoms with Crippen molar-refractivity contribution in [1.29, 1.82) is 0 Å². The highest BCUT2D eigenvalue weighted by Crippen LogP contribution is 2.20. The van der Waals surface area contributed by atoms with E-state index in [2.05, 4.69) is 19.9 Å². The summed E-state index contributed by atoms with van der Waals surface area (Å²) < 4.78 is 0. The highest BCUT2D eigenvalue weighted by atomic mass is 35.5. The van der Waals surface area contributed by atoms with Crippen molar-refractivity contribution in [1.82, 2.24) is 19.9 Å². The normalized spacial score (nSPS) is 12.7. The third kappa shape index (κ3) is 2.64. The van der Waals surface area contributed by atoms with Gasteiger partial charge in [-0.05, 0) is 30.5 Å². The molecule has 0 saturated carbocycles. The van der Waals surface area contributed by atoms with E-state index in [4.69, 9.17) is 17.3 Å². The van der Waals surface area contributed by atoms with Crippen molar-refractivity contribution in [3.05, 3.63) is 53.2 Å². The Kier molecular flexibility index (Phi) is 3.62. The number of halogens is 1. The van der Waals surface area contributed by atoms with Gasteiger partial charge in [0, 0.05) is 11.1 Å². The number of fused-ring (bicyclic) bond motifs is 1. The van der Waals surface area contributed by atoms with Crippen LogP contribution in [-0.2, 0) is 6.42 Å². The molecular formula is C14H14ClN5. The molecule has 1 aromatic carbocycles. The maximum Gasteiger partial charge on any atom is 0.180 e. The number of H-pyrrole nitrogens is 1. The molecule has 0 saturated heterocycles. The number of aromatic nitrogens is 4. The summed E-state index contributed by atoms with van der Waals surface area (Å²) in [6.45, 7) is 0. The van der Waals surface area contributed by atoms with Crippen LogP contribution in [0, 0.1) is 0 Å². The van der Waals surface area contributed by atoms with Crippen molar-refractivity contribution in [2.45, 2.75) is 18.9 Å². The molecule has 0 bridgehead atoms. The number of imidazole rings is 1. The first-order valence-corrected chi connectivity index (χ1v) is 6.76. The lowest BCUT2D eigenvalue weighted by Crippen LogP contribution is -2.11. The van der Waals surface area contributed by atoms with Gasteiger partial charge in [-0.1, -0.05) is 23.7 Å². The van der Waals surface area contributed by atoms with Gasteiger partial charge < -0.3 is 10.7 Å². The van der Waals surface area contributed by atoms with Crippen molar-refractivity contribution in [2.24, 2.45) is 5.73 Å². The zero-order valence-corrected chi connectivity index (χ0v) is 11.5. The van der Waals surface area contributed by atoms with Crippen LogP contribution in [0.2, 0.25) is 5.02 Å². The zero-order chi connectivity index (χ0) is 13.9. The summed E-state index contributed by atoms with van der Waals surface area (Å²) >= 11 is 5.87. The molecule has 0 aliphatic carbocycles. The van der Waals surface area contributed by atoms with E-state index >= 15 is 0 Å². The number of rotatable bonds is 4. The van der Waals surface area contributed by atoms with E-state index in [1.54, 1.807) is 6.33 Å². The second-order valence-corrected chi connectivity index (χ2v) is 5.05. The van der Waals surface area contributed by atoms with E-state index in [0.29, 0.717) is 5.65 Å². The van der Waals surface area contributed by atoms with Gasteiger partial charge in [-0.3, -0.25) is 0 Å². The van der Waals surface area contributed by atoms with Crippen molar-refractivity contribution in [3.8, 4) is 0 Å². The topological polar surface area (TPSA) is 80.5 Å². The summed E-state index contributed by atoms with van der Waals surface area (Å²) in [5, 5.41) is 0.718. The van der Waals surface area contributed by atoms with Crippen LogP contribution in [0.5, 0.6) is 0 Å². The first kappa shape index (κ1) is 13.0. The quantitative estimate of drug-likeness (QED) is 0.773. The van der Waals surface area contributed by atoms with E-state index in [1.165, 1.54) is 6.33 Å². The molecule has 3 rings (SSSR count). The smallest absolute Gasteiger partial charge is 0.180 e. The molecule has 0 spiro atoms. The second-order valence-electron chi connectivity index (χ2n) is 4.62. The minimum absolute atomic E-state index is 0.0415. The van der Waals surface area contributed by atoms with Crippen LogP contribution in [0.4, 0.5) is 0 Å². The first-order valence-electron chi connectivity index (χ1n) is 6.38. The van der Waals surface area contributed by atoms with Crippen molar-refractivity contribution in [2.75, 3.05) is 0 Å². The summed E-state index contributed by atoms with van der Waals surface area (Å²) in [6, 6.07) is 7.58. The van der Waals surface area contributed by atoms with E-state index in [-0.39, 0.29) is 6.04 Å². The molecule has 2 aromatic heterocycles. The molecule has 1 unspecified atom stereocenters. The third-order valence-electron chi connectivity index (χ3n) is 3.29. The largest absolute Gasteiger partial charge is 0.342 e. The average Bonchev–Trinajstić information content (AvgIpc) is 2.94. The molecule has 2 heterocycles. The Morgan fingerprint density at radius 3 is 2.75 bits per heavy atom. The van der Waals surface area contributed by atoms with E-state index in [0.717, 1.165) is 34.6 Å². The van der Waals surface area contributed by atoms with Crippen LogP contribution in [-0.4, -0.2) is 19.9 Å². The van der Waals surface area contributed by atoms with Crippen LogP contribution < -0.4 is 5.73 Å². The van der Waals surface area contributed by atoms with Crippen LogP contribution in [0.3, 0.4) is 0 Å². The van der Waals surface area contributed by atoms with Gasteiger partial charge in [0.2, 0.25) is 0 Å². The molecule has 6 heteroatoms.